The molecule has 2 heterocycles. The molecule has 0 radical (unpaired) electrons. The molecule has 21 heavy (non-hydrogen) atoms. The molecule has 1 aliphatic heterocycles. The Hall–Kier alpha value is -2.59. The maximum absolute atomic E-state index is 6.45. The summed E-state index contributed by atoms with van der Waals surface area (Å²) in [7, 11) is 2.04. The molecule has 0 saturated carbocycles. The van der Waals surface area contributed by atoms with Gasteiger partial charge in [0, 0.05) is 24.5 Å². The largest absolute Gasteiger partial charge is 0.350 e. The van der Waals surface area contributed by atoms with E-state index in [-0.39, 0.29) is 6.04 Å². The van der Waals surface area contributed by atoms with Gasteiger partial charge in [-0.2, -0.15) is 0 Å². The third-order valence-electron chi connectivity index (χ3n) is 3.98. The summed E-state index contributed by atoms with van der Waals surface area (Å²) in [4.78, 5) is 10.1. The number of H-pyrrole nitrogens is 1. The monoisotopic (exact) mass is 276 g/mol. The second-order valence-electron chi connectivity index (χ2n) is 5.33. The van der Waals surface area contributed by atoms with E-state index < -0.39 is 0 Å². The highest BCUT2D eigenvalue weighted by atomic mass is 15.1. The van der Waals surface area contributed by atoms with E-state index in [2.05, 4.69) is 33.2 Å². The Bertz CT molecular complexity index is 814. The van der Waals surface area contributed by atoms with Crippen LogP contribution < -0.4 is 10.6 Å². The lowest BCUT2D eigenvalue weighted by atomic mass is 9.94. The Morgan fingerprint density at radius 2 is 1.86 bits per heavy atom. The third-order valence-corrected chi connectivity index (χ3v) is 3.98. The number of rotatable bonds is 1. The van der Waals surface area contributed by atoms with Gasteiger partial charge in [-0.05, 0) is 23.8 Å². The summed E-state index contributed by atoms with van der Waals surface area (Å²) in [6, 6.07) is 16.1. The standard InChI is InChI=1S/C17H16N4/c1-21-10-12(16(18)11-6-2-5-9-15(11)21)17-19-13-7-3-4-8-14(13)20-17/h2-10,16H,18H2,1H3,(H,19,20). The average Bonchev–Trinajstić information content (AvgIpc) is 2.94. The molecule has 1 atom stereocenters. The maximum atomic E-state index is 6.45. The smallest absolute Gasteiger partial charge is 0.137 e. The summed E-state index contributed by atoms with van der Waals surface area (Å²) in [6.45, 7) is 0. The lowest BCUT2D eigenvalue weighted by Crippen LogP contribution is -2.24. The van der Waals surface area contributed by atoms with Gasteiger partial charge in [0.05, 0.1) is 17.1 Å². The number of aromatic nitrogens is 2. The van der Waals surface area contributed by atoms with Gasteiger partial charge in [-0.1, -0.05) is 30.3 Å². The number of nitrogens with one attached hydrogen (secondary N) is 1. The van der Waals surface area contributed by atoms with Crippen LogP contribution in [-0.2, 0) is 0 Å². The number of hydrogen-bond donors (Lipinski definition) is 2. The molecule has 0 fully saturated rings. The van der Waals surface area contributed by atoms with E-state index in [0.29, 0.717) is 0 Å². The molecule has 0 aliphatic carbocycles. The van der Waals surface area contributed by atoms with Gasteiger partial charge in [-0.3, -0.25) is 0 Å². The maximum Gasteiger partial charge on any atom is 0.137 e. The highest BCUT2D eigenvalue weighted by molar-refractivity contribution is 5.83. The molecule has 0 amide bonds. The summed E-state index contributed by atoms with van der Waals surface area (Å²) < 4.78 is 0. The van der Waals surface area contributed by atoms with E-state index in [1.54, 1.807) is 0 Å². The molecule has 1 aliphatic rings. The Kier molecular flexibility index (Phi) is 2.59. The van der Waals surface area contributed by atoms with Gasteiger partial charge < -0.3 is 15.6 Å². The molecular weight excluding hydrogens is 260 g/mol. The summed E-state index contributed by atoms with van der Waals surface area (Å²) in [5.41, 5.74) is 11.7. The van der Waals surface area contributed by atoms with E-state index in [0.717, 1.165) is 33.7 Å². The fourth-order valence-electron chi connectivity index (χ4n) is 2.90. The highest BCUT2D eigenvalue weighted by Gasteiger charge is 2.25. The lowest BCUT2D eigenvalue weighted by molar-refractivity contribution is 0.885. The Balaban J connectivity index is 1.85. The number of fused-ring (bicyclic) bond motifs is 2. The number of anilines is 1. The molecule has 4 heteroatoms. The summed E-state index contributed by atoms with van der Waals surface area (Å²) in [5, 5.41) is 0. The van der Waals surface area contributed by atoms with Crippen LogP contribution in [0.2, 0.25) is 0 Å². The number of imidazole rings is 1. The highest BCUT2D eigenvalue weighted by Crippen LogP contribution is 2.37. The van der Waals surface area contributed by atoms with Crippen molar-refractivity contribution in [2.24, 2.45) is 5.73 Å². The zero-order valence-electron chi connectivity index (χ0n) is 11.7. The number of nitrogens with two attached hydrogens (primary N) is 1. The summed E-state index contributed by atoms with van der Waals surface area (Å²) in [6.07, 6.45) is 2.06. The molecule has 1 aromatic heterocycles. The van der Waals surface area contributed by atoms with Crippen LogP contribution in [0.15, 0.2) is 54.7 Å². The normalized spacial score (nSPS) is 17.7. The molecule has 4 nitrogen and oxygen atoms in total. The van der Waals surface area contributed by atoms with Gasteiger partial charge in [0.15, 0.2) is 0 Å². The van der Waals surface area contributed by atoms with Crippen molar-refractivity contribution in [3.8, 4) is 0 Å². The number of hydrogen-bond acceptors (Lipinski definition) is 3. The van der Waals surface area contributed by atoms with Crippen LogP contribution in [0.1, 0.15) is 17.4 Å². The topological polar surface area (TPSA) is 57.9 Å². The Morgan fingerprint density at radius 1 is 1.10 bits per heavy atom. The number of aromatic amines is 1. The molecule has 3 N–H and O–H groups in total. The second kappa shape index (κ2) is 4.46. The van der Waals surface area contributed by atoms with Gasteiger partial charge in [0.2, 0.25) is 0 Å². The van der Waals surface area contributed by atoms with Crippen molar-refractivity contribution in [3.63, 3.8) is 0 Å². The molecular formula is C17H16N4. The number of nitrogens with zero attached hydrogens (tertiary/aromatic N) is 2. The SMILES string of the molecule is CN1C=C(c2nc3ccccc3[nH]2)C(N)c2ccccc21. The van der Waals surface area contributed by atoms with Gasteiger partial charge in [-0.15, -0.1) is 0 Å². The summed E-state index contributed by atoms with van der Waals surface area (Å²) >= 11 is 0. The van der Waals surface area contributed by atoms with Crippen LogP contribution in [-0.4, -0.2) is 17.0 Å². The predicted molar refractivity (Wildman–Crippen MR) is 85.8 cm³/mol. The van der Waals surface area contributed by atoms with Crippen molar-refractivity contribution < 1.29 is 0 Å². The Labute approximate surface area is 122 Å². The van der Waals surface area contributed by atoms with Crippen molar-refractivity contribution in [2.45, 2.75) is 6.04 Å². The van der Waals surface area contributed by atoms with Crippen LogP contribution in [0.25, 0.3) is 16.6 Å². The molecule has 0 saturated heterocycles. The van der Waals surface area contributed by atoms with E-state index in [4.69, 9.17) is 5.73 Å². The molecule has 2 aromatic carbocycles. The molecule has 104 valence electrons. The van der Waals surface area contributed by atoms with Gasteiger partial charge in [-0.25, -0.2) is 4.98 Å². The van der Waals surface area contributed by atoms with Crippen LogP contribution in [0.5, 0.6) is 0 Å². The molecule has 3 aromatic rings. The Morgan fingerprint density at radius 3 is 2.71 bits per heavy atom. The van der Waals surface area contributed by atoms with Crippen molar-refractivity contribution in [2.75, 3.05) is 11.9 Å². The molecule has 4 rings (SSSR count). The van der Waals surface area contributed by atoms with E-state index in [1.807, 2.05) is 43.4 Å². The van der Waals surface area contributed by atoms with Gasteiger partial charge in [0.1, 0.15) is 5.82 Å². The van der Waals surface area contributed by atoms with Crippen molar-refractivity contribution >= 4 is 22.3 Å². The first-order valence-electron chi connectivity index (χ1n) is 6.98. The minimum Gasteiger partial charge on any atom is -0.350 e. The second-order valence-corrected chi connectivity index (χ2v) is 5.33. The van der Waals surface area contributed by atoms with Crippen molar-refractivity contribution in [1.82, 2.24) is 9.97 Å². The van der Waals surface area contributed by atoms with E-state index in [9.17, 15) is 0 Å². The van der Waals surface area contributed by atoms with Crippen LogP contribution in [0.3, 0.4) is 0 Å². The van der Waals surface area contributed by atoms with Crippen LogP contribution in [0.4, 0.5) is 5.69 Å². The van der Waals surface area contributed by atoms with E-state index in [1.165, 1.54) is 0 Å². The molecule has 0 spiro atoms. The molecule has 0 bridgehead atoms. The van der Waals surface area contributed by atoms with E-state index >= 15 is 0 Å². The first kappa shape index (κ1) is 12.2. The average molecular weight is 276 g/mol. The first-order chi connectivity index (χ1) is 10.2. The predicted octanol–water partition coefficient (Wildman–Crippen LogP) is 3.05. The van der Waals surface area contributed by atoms with Gasteiger partial charge in [0.25, 0.3) is 0 Å². The van der Waals surface area contributed by atoms with Gasteiger partial charge >= 0.3 is 0 Å². The van der Waals surface area contributed by atoms with Crippen molar-refractivity contribution in [3.05, 3.63) is 66.1 Å². The first-order valence-corrected chi connectivity index (χ1v) is 6.98. The zero-order valence-corrected chi connectivity index (χ0v) is 11.7. The lowest BCUT2D eigenvalue weighted by Gasteiger charge is -2.29. The van der Waals surface area contributed by atoms with Crippen LogP contribution >= 0.6 is 0 Å². The molecule has 1 unspecified atom stereocenters. The zero-order chi connectivity index (χ0) is 14.4. The summed E-state index contributed by atoms with van der Waals surface area (Å²) in [5.74, 6) is 0.838. The fraction of sp³-hybridized carbons (Fsp3) is 0.118. The minimum absolute atomic E-state index is 0.169. The van der Waals surface area contributed by atoms with Crippen LogP contribution in [0, 0.1) is 0 Å². The fourth-order valence-corrected chi connectivity index (χ4v) is 2.90. The quantitative estimate of drug-likeness (QED) is 0.718. The number of para-hydroxylation sites is 3. The van der Waals surface area contributed by atoms with Crippen molar-refractivity contribution in [1.29, 1.82) is 0 Å². The minimum atomic E-state index is -0.169. The third kappa shape index (κ3) is 1.84. The number of benzene rings is 2.